The molecule has 1 fully saturated rings. The number of carboxylic acid groups (broad SMARTS) is 1. The molecule has 40 heavy (non-hydrogen) atoms. The molecule has 5 rings (SSSR count). The third-order valence-electron chi connectivity index (χ3n) is 8.08. The van der Waals surface area contributed by atoms with E-state index in [1.54, 1.807) is 25.1 Å². The maximum absolute atomic E-state index is 13.4. The highest BCUT2D eigenvalue weighted by molar-refractivity contribution is 6.01. The third-order valence-corrected chi connectivity index (χ3v) is 8.08. The maximum Gasteiger partial charge on any atom is 0.416 e. The van der Waals surface area contributed by atoms with Gasteiger partial charge in [0.15, 0.2) is 0 Å². The van der Waals surface area contributed by atoms with E-state index in [4.69, 9.17) is 0 Å². The number of aromatic carboxylic acids is 1. The van der Waals surface area contributed by atoms with Crippen molar-refractivity contribution in [2.24, 2.45) is 5.92 Å². The minimum Gasteiger partial charge on any atom is -0.478 e. The number of rotatable bonds is 8. The smallest absolute Gasteiger partial charge is 0.416 e. The van der Waals surface area contributed by atoms with Crippen LogP contribution in [0.15, 0.2) is 60.7 Å². The van der Waals surface area contributed by atoms with E-state index in [2.05, 4.69) is 29.2 Å². The van der Waals surface area contributed by atoms with E-state index in [0.717, 1.165) is 71.9 Å². The topological polar surface area (TPSA) is 40.5 Å². The van der Waals surface area contributed by atoms with Crippen molar-refractivity contribution < 1.29 is 27.5 Å². The molecule has 1 heterocycles. The number of carboxylic acids is 1. The maximum atomic E-state index is 13.4. The van der Waals surface area contributed by atoms with Gasteiger partial charge in [-0.25, -0.2) is 4.79 Å². The fraction of sp³-hybridized carbons (Fsp3) is 0.364. The molecule has 1 aliphatic heterocycles. The molecule has 7 heteroatoms. The summed E-state index contributed by atoms with van der Waals surface area (Å²) in [4.78, 5) is 13.9. The summed E-state index contributed by atoms with van der Waals surface area (Å²) in [5.74, 6) is -0.442. The minimum absolute atomic E-state index is 0.226. The van der Waals surface area contributed by atoms with Crippen LogP contribution in [0, 0.1) is 12.8 Å². The SMILES string of the molecule is Cc1cc(C(F)(F)F)ccc1C1=C(c2ccc(CC3CN(CCCF)C3)cc2)c2ccc(C(=O)O)cc2CCC1. The number of likely N-dealkylation sites (tertiary alicyclic amines) is 1. The Balaban J connectivity index is 1.53. The molecule has 0 amide bonds. The molecule has 1 N–H and O–H groups in total. The van der Waals surface area contributed by atoms with Gasteiger partial charge in [0.05, 0.1) is 17.8 Å². The second-order valence-corrected chi connectivity index (χ2v) is 11.0. The molecule has 2 aliphatic rings. The predicted molar refractivity (Wildman–Crippen MR) is 149 cm³/mol. The van der Waals surface area contributed by atoms with Gasteiger partial charge in [0.2, 0.25) is 0 Å². The summed E-state index contributed by atoms with van der Waals surface area (Å²) in [6.07, 6.45) is -0.793. The average molecular weight is 552 g/mol. The molecular weight excluding hydrogens is 518 g/mol. The summed E-state index contributed by atoms with van der Waals surface area (Å²) < 4.78 is 52.7. The van der Waals surface area contributed by atoms with Gasteiger partial charge in [-0.1, -0.05) is 36.4 Å². The van der Waals surface area contributed by atoms with Crippen LogP contribution in [0.5, 0.6) is 0 Å². The molecule has 0 unspecified atom stereocenters. The number of fused-ring (bicyclic) bond motifs is 1. The van der Waals surface area contributed by atoms with Crippen LogP contribution in [0.2, 0.25) is 0 Å². The first-order valence-electron chi connectivity index (χ1n) is 13.8. The van der Waals surface area contributed by atoms with E-state index in [0.29, 0.717) is 30.7 Å². The quantitative estimate of drug-likeness (QED) is 0.290. The van der Waals surface area contributed by atoms with Crippen LogP contribution in [0.1, 0.15) is 68.6 Å². The van der Waals surface area contributed by atoms with Crippen LogP contribution in [-0.4, -0.2) is 42.3 Å². The third kappa shape index (κ3) is 5.99. The molecule has 1 aliphatic carbocycles. The lowest BCUT2D eigenvalue weighted by atomic mass is 9.85. The zero-order valence-electron chi connectivity index (χ0n) is 22.5. The standard InChI is InChI=1S/C33H33F4NO2/c1-21-16-27(33(35,36)37)11-13-28(21)30-5-2-4-25-18-26(32(39)40)10-12-29(25)31(30)24-8-6-22(7-9-24)17-23-19-38(20-23)15-3-14-34/h6-13,16,18,23H,2-5,14-15,17,19-20H2,1H3,(H,39,40). The molecule has 1 saturated heterocycles. The molecule has 0 saturated carbocycles. The monoisotopic (exact) mass is 551 g/mol. The molecule has 3 aromatic carbocycles. The highest BCUT2D eigenvalue weighted by atomic mass is 19.4. The lowest BCUT2D eigenvalue weighted by Gasteiger charge is -2.39. The Morgan fingerprint density at radius 2 is 1.70 bits per heavy atom. The van der Waals surface area contributed by atoms with Gasteiger partial charge in [-0.15, -0.1) is 0 Å². The summed E-state index contributed by atoms with van der Waals surface area (Å²) in [7, 11) is 0. The lowest BCUT2D eigenvalue weighted by Crippen LogP contribution is -2.47. The largest absolute Gasteiger partial charge is 0.478 e. The van der Waals surface area contributed by atoms with E-state index in [1.165, 1.54) is 11.6 Å². The number of hydrogen-bond acceptors (Lipinski definition) is 2. The Labute approximate surface area is 232 Å². The first-order valence-corrected chi connectivity index (χ1v) is 13.8. The Hall–Kier alpha value is -3.45. The van der Waals surface area contributed by atoms with Crippen molar-refractivity contribution >= 4 is 17.1 Å². The fourth-order valence-electron chi connectivity index (χ4n) is 6.11. The Morgan fingerprint density at radius 1 is 0.975 bits per heavy atom. The summed E-state index contributed by atoms with van der Waals surface area (Å²) in [6, 6.07) is 17.5. The minimum atomic E-state index is -4.41. The first kappa shape index (κ1) is 28.1. The molecule has 3 nitrogen and oxygen atoms in total. The van der Waals surface area contributed by atoms with Gasteiger partial charge < -0.3 is 10.0 Å². The van der Waals surface area contributed by atoms with Crippen molar-refractivity contribution in [2.75, 3.05) is 26.3 Å². The molecule has 210 valence electrons. The summed E-state index contributed by atoms with van der Waals surface area (Å²) in [5.41, 5.74) is 6.85. The highest BCUT2D eigenvalue weighted by Gasteiger charge is 2.31. The molecular formula is C33H33F4NO2. The van der Waals surface area contributed by atoms with Crippen LogP contribution in [-0.2, 0) is 19.0 Å². The first-order chi connectivity index (χ1) is 19.1. The summed E-state index contributed by atoms with van der Waals surface area (Å²) >= 11 is 0. The van der Waals surface area contributed by atoms with Crippen molar-refractivity contribution in [2.45, 2.75) is 45.2 Å². The van der Waals surface area contributed by atoms with Gasteiger partial charge in [0.1, 0.15) is 0 Å². The summed E-state index contributed by atoms with van der Waals surface area (Å²) in [6.45, 7) is 4.18. The van der Waals surface area contributed by atoms with E-state index < -0.39 is 17.7 Å². The number of carbonyl (C=O) groups is 1. The van der Waals surface area contributed by atoms with Crippen molar-refractivity contribution in [3.8, 4) is 0 Å². The van der Waals surface area contributed by atoms with Gasteiger partial charge in [-0.3, -0.25) is 4.39 Å². The van der Waals surface area contributed by atoms with Gasteiger partial charge in [-0.05, 0) is 114 Å². The Bertz CT molecular complexity index is 1420. The van der Waals surface area contributed by atoms with Gasteiger partial charge in [-0.2, -0.15) is 13.2 Å². The van der Waals surface area contributed by atoms with Gasteiger partial charge >= 0.3 is 12.1 Å². The molecule has 3 aromatic rings. The van der Waals surface area contributed by atoms with E-state index in [1.807, 2.05) is 6.07 Å². The van der Waals surface area contributed by atoms with Gasteiger partial charge in [0.25, 0.3) is 0 Å². The van der Waals surface area contributed by atoms with E-state index in [-0.39, 0.29) is 12.2 Å². The van der Waals surface area contributed by atoms with Crippen molar-refractivity contribution in [3.05, 3.63) is 105 Å². The zero-order valence-corrected chi connectivity index (χ0v) is 22.5. The van der Waals surface area contributed by atoms with E-state index >= 15 is 0 Å². The van der Waals surface area contributed by atoms with Gasteiger partial charge in [0, 0.05) is 19.6 Å². The molecule has 0 radical (unpaired) electrons. The average Bonchev–Trinajstić information content (AvgIpc) is 3.08. The van der Waals surface area contributed by atoms with Crippen LogP contribution in [0.4, 0.5) is 17.6 Å². The number of alkyl halides is 4. The highest BCUT2D eigenvalue weighted by Crippen LogP contribution is 2.42. The number of halogens is 4. The number of nitrogens with zero attached hydrogens (tertiary/aromatic N) is 1. The molecule has 0 bridgehead atoms. The summed E-state index contributed by atoms with van der Waals surface area (Å²) in [5, 5.41) is 9.56. The second-order valence-electron chi connectivity index (χ2n) is 11.0. The predicted octanol–water partition coefficient (Wildman–Crippen LogP) is 7.84. The van der Waals surface area contributed by atoms with Crippen molar-refractivity contribution in [3.63, 3.8) is 0 Å². The lowest BCUT2D eigenvalue weighted by molar-refractivity contribution is -0.137. The number of allylic oxidation sites excluding steroid dienone is 1. The molecule has 0 atom stereocenters. The van der Waals surface area contributed by atoms with Crippen molar-refractivity contribution in [1.82, 2.24) is 4.90 Å². The van der Waals surface area contributed by atoms with Crippen LogP contribution in [0.3, 0.4) is 0 Å². The number of hydrogen-bond donors (Lipinski definition) is 1. The number of benzene rings is 3. The van der Waals surface area contributed by atoms with Crippen LogP contribution < -0.4 is 0 Å². The van der Waals surface area contributed by atoms with Crippen LogP contribution in [0.25, 0.3) is 11.1 Å². The molecule has 0 aromatic heterocycles. The molecule has 0 spiro atoms. The fourth-order valence-corrected chi connectivity index (χ4v) is 6.11. The normalized spacial score (nSPS) is 16.4. The van der Waals surface area contributed by atoms with Crippen LogP contribution >= 0.6 is 0 Å². The van der Waals surface area contributed by atoms with E-state index in [9.17, 15) is 27.5 Å². The zero-order chi connectivity index (χ0) is 28.4. The number of aryl methyl sites for hydroxylation is 2. The second kappa shape index (κ2) is 11.6. The Kier molecular flexibility index (Phi) is 8.13. The van der Waals surface area contributed by atoms with Crippen molar-refractivity contribution in [1.29, 1.82) is 0 Å². The Morgan fingerprint density at radius 3 is 2.35 bits per heavy atom.